The van der Waals surface area contributed by atoms with E-state index in [4.69, 9.17) is 12.2 Å². The average molecular weight is 305 g/mol. The van der Waals surface area contributed by atoms with Crippen LogP contribution in [0.2, 0.25) is 0 Å². The van der Waals surface area contributed by atoms with Crippen LogP contribution >= 0.6 is 12.2 Å². The van der Waals surface area contributed by atoms with Crippen LogP contribution in [0.1, 0.15) is 38.7 Å². The van der Waals surface area contributed by atoms with Gasteiger partial charge in [0.2, 0.25) is 5.91 Å². The molecule has 1 heterocycles. The molecule has 0 spiro atoms. The predicted octanol–water partition coefficient (Wildman–Crippen LogP) is 3.21. The van der Waals surface area contributed by atoms with E-state index < -0.39 is 0 Å². The maximum atomic E-state index is 11.9. The van der Waals surface area contributed by atoms with E-state index in [2.05, 4.69) is 24.5 Å². The smallest absolute Gasteiger partial charge is 0.227 e. The largest absolute Gasteiger partial charge is 0.360 e. The zero-order valence-electron chi connectivity index (χ0n) is 12.9. The summed E-state index contributed by atoms with van der Waals surface area (Å²) >= 11 is 5.31. The van der Waals surface area contributed by atoms with Crippen LogP contribution in [0.3, 0.4) is 0 Å². The zero-order valence-corrected chi connectivity index (χ0v) is 13.7. The van der Waals surface area contributed by atoms with Crippen molar-refractivity contribution in [1.29, 1.82) is 0 Å². The summed E-state index contributed by atoms with van der Waals surface area (Å²) in [4.78, 5) is 13.8. The molecule has 0 radical (unpaired) electrons. The fourth-order valence-corrected chi connectivity index (χ4v) is 2.69. The Bertz CT molecular complexity index is 544. The highest BCUT2D eigenvalue weighted by molar-refractivity contribution is 7.80. The highest BCUT2D eigenvalue weighted by Gasteiger charge is 2.23. The van der Waals surface area contributed by atoms with Crippen LogP contribution in [0.4, 0.5) is 11.4 Å². The summed E-state index contributed by atoms with van der Waals surface area (Å²) < 4.78 is 0. The molecule has 0 aromatic heterocycles. The van der Waals surface area contributed by atoms with E-state index in [1.54, 1.807) is 0 Å². The minimum Gasteiger partial charge on any atom is -0.360 e. The minimum absolute atomic E-state index is 0.204. The summed E-state index contributed by atoms with van der Waals surface area (Å²) in [6.45, 7) is 7.04. The zero-order chi connectivity index (χ0) is 15.4. The first kappa shape index (κ1) is 15.8. The van der Waals surface area contributed by atoms with E-state index in [-0.39, 0.29) is 5.91 Å². The number of hydrogen-bond donors (Lipinski definition) is 2. The van der Waals surface area contributed by atoms with Crippen LogP contribution in [0, 0.1) is 6.92 Å². The van der Waals surface area contributed by atoms with Gasteiger partial charge in [0.15, 0.2) is 5.11 Å². The number of nitrogens with one attached hydrogen (secondary N) is 2. The van der Waals surface area contributed by atoms with E-state index in [0.717, 1.165) is 36.3 Å². The molecular weight excluding hydrogens is 282 g/mol. The molecule has 0 bridgehead atoms. The van der Waals surface area contributed by atoms with Gasteiger partial charge in [0.1, 0.15) is 0 Å². The third-order valence-electron chi connectivity index (χ3n) is 3.82. The summed E-state index contributed by atoms with van der Waals surface area (Å²) in [5.74, 6) is 0.204. The molecular formula is C16H23N3OS. The Balaban J connectivity index is 2.11. The molecule has 114 valence electrons. The highest BCUT2D eigenvalue weighted by Crippen LogP contribution is 2.28. The molecule has 5 heteroatoms. The van der Waals surface area contributed by atoms with Gasteiger partial charge in [-0.05, 0) is 56.6 Å². The lowest BCUT2D eigenvalue weighted by Crippen LogP contribution is -2.35. The molecule has 2 rings (SSSR count). The predicted molar refractivity (Wildman–Crippen MR) is 91.9 cm³/mol. The third kappa shape index (κ3) is 3.94. The molecule has 1 aromatic rings. The van der Waals surface area contributed by atoms with Gasteiger partial charge in [-0.3, -0.25) is 4.79 Å². The van der Waals surface area contributed by atoms with Crippen LogP contribution in [0.5, 0.6) is 0 Å². The first-order valence-corrected chi connectivity index (χ1v) is 7.90. The van der Waals surface area contributed by atoms with Gasteiger partial charge in [-0.25, -0.2) is 0 Å². The Hall–Kier alpha value is -1.62. The van der Waals surface area contributed by atoms with E-state index in [1.807, 2.05) is 30.0 Å². The van der Waals surface area contributed by atoms with Crippen LogP contribution in [-0.4, -0.2) is 23.6 Å². The van der Waals surface area contributed by atoms with Crippen LogP contribution < -0.4 is 15.5 Å². The Labute approximate surface area is 131 Å². The Kier molecular flexibility index (Phi) is 5.17. The third-order valence-corrected chi connectivity index (χ3v) is 4.04. The number of rotatable bonds is 4. The summed E-state index contributed by atoms with van der Waals surface area (Å²) in [7, 11) is 0. The van der Waals surface area contributed by atoms with Gasteiger partial charge in [-0.2, -0.15) is 0 Å². The van der Waals surface area contributed by atoms with E-state index >= 15 is 0 Å². The van der Waals surface area contributed by atoms with Crippen molar-refractivity contribution in [3.63, 3.8) is 0 Å². The highest BCUT2D eigenvalue weighted by atomic mass is 32.1. The number of aryl methyl sites for hydroxylation is 1. The summed E-state index contributed by atoms with van der Waals surface area (Å²) in [6, 6.07) is 6.36. The van der Waals surface area contributed by atoms with Gasteiger partial charge in [-0.1, -0.05) is 13.0 Å². The molecule has 1 aliphatic rings. The number of amides is 1. The second-order valence-corrected chi connectivity index (χ2v) is 5.97. The number of thiocarbonyl (C=S) groups is 1. The second-order valence-electron chi connectivity index (χ2n) is 5.56. The molecule has 21 heavy (non-hydrogen) atoms. The molecule has 1 aliphatic heterocycles. The van der Waals surface area contributed by atoms with E-state index in [9.17, 15) is 4.79 Å². The lowest BCUT2D eigenvalue weighted by atomic mass is 10.1. The maximum absolute atomic E-state index is 11.9. The quantitative estimate of drug-likeness (QED) is 0.839. The fourth-order valence-electron chi connectivity index (χ4n) is 2.37. The SMILES string of the molecule is CCC(C)NC(=S)Nc1ccc(C)c(N2CCCC2=O)c1. The number of carbonyl (C=O) groups is 1. The normalized spacial score (nSPS) is 16.0. The lowest BCUT2D eigenvalue weighted by Gasteiger charge is -2.20. The van der Waals surface area contributed by atoms with Crippen molar-refractivity contribution in [2.45, 2.75) is 46.1 Å². The van der Waals surface area contributed by atoms with Crippen LogP contribution in [-0.2, 0) is 4.79 Å². The minimum atomic E-state index is 0.204. The first-order chi connectivity index (χ1) is 10.0. The molecule has 1 fully saturated rings. The van der Waals surface area contributed by atoms with Crippen molar-refractivity contribution in [3.8, 4) is 0 Å². The lowest BCUT2D eigenvalue weighted by molar-refractivity contribution is -0.117. The van der Waals surface area contributed by atoms with Crippen molar-refractivity contribution in [3.05, 3.63) is 23.8 Å². The molecule has 0 saturated carbocycles. The summed E-state index contributed by atoms with van der Waals surface area (Å²) in [6.07, 6.45) is 2.60. The van der Waals surface area contributed by atoms with Crippen molar-refractivity contribution in [2.24, 2.45) is 0 Å². The van der Waals surface area contributed by atoms with Crippen molar-refractivity contribution in [2.75, 3.05) is 16.8 Å². The van der Waals surface area contributed by atoms with Gasteiger partial charge < -0.3 is 15.5 Å². The molecule has 4 nitrogen and oxygen atoms in total. The second kappa shape index (κ2) is 6.89. The van der Waals surface area contributed by atoms with Crippen LogP contribution in [0.25, 0.3) is 0 Å². The monoisotopic (exact) mass is 305 g/mol. The molecule has 1 atom stereocenters. The molecule has 0 aliphatic carbocycles. The van der Waals surface area contributed by atoms with E-state index in [1.165, 1.54) is 0 Å². The average Bonchev–Trinajstić information content (AvgIpc) is 2.86. The number of nitrogens with zero attached hydrogens (tertiary/aromatic N) is 1. The standard InChI is InChI=1S/C16H23N3OS/c1-4-12(3)17-16(21)18-13-8-7-11(2)14(10-13)19-9-5-6-15(19)20/h7-8,10,12H,4-6,9H2,1-3H3,(H2,17,18,21). The Morgan fingerprint density at radius 2 is 2.24 bits per heavy atom. The molecule has 1 aromatic carbocycles. The van der Waals surface area contributed by atoms with Crippen molar-refractivity contribution >= 4 is 34.6 Å². The summed E-state index contributed by atoms with van der Waals surface area (Å²) in [5, 5.41) is 7.04. The Morgan fingerprint density at radius 1 is 1.48 bits per heavy atom. The van der Waals surface area contributed by atoms with Gasteiger partial charge >= 0.3 is 0 Å². The topological polar surface area (TPSA) is 44.4 Å². The van der Waals surface area contributed by atoms with Gasteiger partial charge in [0.05, 0.1) is 0 Å². The first-order valence-electron chi connectivity index (χ1n) is 7.49. The van der Waals surface area contributed by atoms with Crippen molar-refractivity contribution < 1.29 is 4.79 Å². The number of hydrogen-bond acceptors (Lipinski definition) is 2. The number of anilines is 2. The number of carbonyl (C=O) groups excluding carboxylic acids is 1. The van der Waals surface area contributed by atoms with Gasteiger partial charge in [0, 0.05) is 30.4 Å². The van der Waals surface area contributed by atoms with Gasteiger partial charge in [-0.15, -0.1) is 0 Å². The van der Waals surface area contributed by atoms with Crippen molar-refractivity contribution in [1.82, 2.24) is 5.32 Å². The summed E-state index contributed by atoms with van der Waals surface area (Å²) in [5.41, 5.74) is 3.00. The maximum Gasteiger partial charge on any atom is 0.227 e. The van der Waals surface area contributed by atoms with E-state index in [0.29, 0.717) is 17.6 Å². The number of benzene rings is 1. The molecule has 1 saturated heterocycles. The molecule has 1 unspecified atom stereocenters. The van der Waals surface area contributed by atoms with Gasteiger partial charge in [0.25, 0.3) is 0 Å². The Morgan fingerprint density at radius 3 is 2.86 bits per heavy atom. The molecule has 1 amide bonds. The fraction of sp³-hybridized carbons (Fsp3) is 0.500. The van der Waals surface area contributed by atoms with Crippen LogP contribution in [0.15, 0.2) is 18.2 Å². The molecule has 2 N–H and O–H groups in total.